The first-order chi connectivity index (χ1) is 11.6. The summed E-state index contributed by atoms with van der Waals surface area (Å²) >= 11 is 0. The van der Waals surface area contributed by atoms with Crippen LogP contribution in [0.3, 0.4) is 0 Å². The molecular formula is C21H38O4. The maximum absolute atomic E-state index is 12.7. The van der Waals surface area contributed by atoms with Gasteiger partial charge in [-0.3, -0.25) is 0 Å². The van der Waals surface area contributed by atoms with E-state index in [1.54, 1.807) is 0 Å². The molecule has 0 amide bonds. The Morgan fingerprint density at radius 1 is 0.840 bits per heavy atom. The van der Waals surface area contributed by atoms with Crippen LogP contribution in [-0.4, -0.2) is 25.2 Å². The van der Waals surface area contributed by atoms with Crippen molar-refractivity contribution in [3.8, 4) is 0 Å². The van der Waals surface area contributed by atoms with E-state index in [9.17, 15) is 9.59 Å². The zero-order valence-electron chi connectivity index (χ0n) is 17.4. The Morgan fingerprint density at radius 2 is 1.28 bits per heavy atom. The fourth-order valence-electron chi connectivity index (χ4n) is 2.36. The fraction of sp³-hybridized carbons (Fsp3) is 0.810. The van der Waals surface area contributed by atoms with E-state index in [0.29, 0.717) is 37.2 Å². The molecule has 0 rings (SSSR count). The summed E-state index contributed by atoms with van der Waals surface area (Å²) in [6, 6.07) is 0. The maximum atomic E-state index is 12.7. The summed E-state index contributed by atoms with van der Waals surface area (Å²) in [6.45, 7) is 15.1. The molecular weight excluding hydrogens is 316 g/mol. The van der Waals surface area contributed by atoms with Crippen molar-refractivity contribution in [1.82, 2.24) is 0 Å². The monoisotopic (exact) mass is 354 g/mol. The van der Waals surface area contributed by atoms with Gasteiger partial charge in [0.2, 0.25) is 0 Å². The van der Waals surface area contributed by atoms with E-state index in [0.717, 1.165) is 25.7 Å². The second-order valence-corrected chi connectivity index (χ2v) is 8.27. The lowest BCUT2D eigenvalue weighted by Crippen LogP contribution is -2.22. The van der Waals surface area contributed by atoms with Crippen molar-refractivity contribution in [2.45, 2.75) is 87.0 Å². The van der Waals surface area contributed by atoms with Gasteiger partial charge in [-0.25, -0.2) is 9.59 Å². The third-order valence-electron chi connectivity index (χ3n) is 3.64. The molecule has 0 N–H and O–H groups in total. The summed E-state index contributed by atoms with van der Waals surface area (Å²) in [5.41, 5.74) is 0.853. The van der Waals surface area contributed by atoms with Gasteiger partial charge in [0.1, 0.15) is 0 Å². The van der Waals surface area contributed by atoms with Gasteiger partial charge in [-0.1, -0.05) is 61.3 Å². The number of unbranched alkanes of at least 4 members (excludes halogenated alkanes) is 2. The molecule has 0 aromatic carbocycles. The minimum atomic E-state index is -0.369. The van der Waals surface area contributed by atoms with E-state index in [4.69, 9.17) is 9.47 Å². The summed E-state index contributed by atoms with van der Waals surface area (Å²) in [4.78, 5) is 25.3. The molecule has 25 heavy (non-hydrogen) atoms. The van der Waals surface area contributed by atoms with Gasteiger partial charge in [0.25, 0.3) is 0 Å². The highest BCUT2D eigenvalue weighted by atomic mass is 16.5. The van der Waals surface area contributed by atoms with Gasteiger partial charge < -0.3 is 9.47 Å². The Kier molecular flexibility index (Phi) is 11.5. The summed E-state index contributed by atoms with van der Waals surface area (Å²) in [5.74, 6) is -0.479. The number of carbonyl (C=O) groups is 2. The average Bonchev–Trinajstić information content (AvgIpc) is 2.49. The lowest BCUT2D eigenvalue weighted by molar-refractivity contribution is -0.143. The van der Waals surface area contributed by atoms with E-state index < -0.39 is 0 Å². The van der Waals surface area contributed by atoms with Gasteiger partial charge in [0, 0.05) is 11.1 Å². The Balaban J connectivity index is 5.61. The first-order valence-electron chi connectivity index (χ1n) is 9.68. The van der Waals surface area contributed by atoms with Crippen molar-refractivity contribution >= 4 is 11.9 Å². The molecule has 0 heterocycles. The van der Waals surface area contributed by atoms with Crippen molar-refractivity contribution in [2.75, 3.05) is 13.2 Å². The number of hydrogen-bond acceptors (Lipinski definition) is 4. The van der Waals surface area contributed by atoms with Crippen LogP contribution in [0.25, 0.3) is 0 Å². The maximum Gasteiger partial charge on any atom is 0.334 e. The molecule has 0 unspecified atom stereocenters. The Morgan fingerprint density at radius 3 is 1.64 bits per heavy atom. The Bertz CT molecular complexity index is 441. The van der Waals surface area contributed by atoms with E-state index >= 15 is 0 Å². The van der Waals surface area contributed by atoms with Crippen LogP contribution in [0.2, 0.25) is 0 Å². The number of hydrogen-bond donors (Lipinski definition) is 0. The highest BCUT2D eigenvalue weighted by Gasteiger charge is 2.27. The molecule has 0 aliphatic heterocycles. The second kappa shape index (κ2) is 12.1. The molecule has 0 aliphatic rings. The van der Waals surface area contributed by atoms with Crippen LogP contribution in [0.1, 0.15) is 87.0 Å². The minimum absolute atomic E-state index is 0.120. The molecule has 146 valence electrons. The van der Waals surface area contributed by atoms with Crippen LogP contribution in [0, 0.1) is 11.3 Å². The number of carbonyl (C=O) groups excluding carboxylic acids is 2. The Hall–Kier alpha value is -1.32. The number of ether oxygens (including phenoxy) is 2. The van der Waals surface area contributed by atoms with Crippen LogP contribution in [0.5, 0.6) is 0 Å². The van der Waals surface area contributed by atoms with Crippen molar-refractivity contribution in [2.24, 2.45) is 11.3 Å². The molecule has 0 aliphatic carbocycles. The SMILES string of the molecule is CCCCOC(=O)/C(CC(C)C)=C(/CC(C)(C)C)C(=O)OCCCC. The topological polar surface area (TPSA) is 52.6 Å². The van der Waals surface area contributed by atoms with Crippen LogP contribution in [-0.2, 0) is 19.1 Å². The standard InChI is InChI=1S/C21H38O4/c1-8-10-12-24-19(22)17(14-16(3)4)18(15-21(5,6)7)20(23)25-13-11-9-2/h16H,8-15H2,1-7H3/b18-17-. The van der Waals surface area contributed by atoms with Gasteiger partial charge >= 0.3 is 11.9 Å². The third kappa shape index (κ3) is 11.0. The predicted molar refractivity (Wildman–Crippen MR) is 102 cm³/mol. The van der Waals surface area contributed by atoms with Crippen molar-refractivity contribution in [3.05, 3.63) is 11.1 Å². The molecule has 0 atom stereocenters. The van der Waals surface area contributed by atoms with Crippen LogP contribution in [0.4, 0.5) is 0 Å². The van der Waals surface area contributed by atoms with Gasteiger partial charge in [0.15, 0.2) is 0 Å². The molecule has 0 spiro atoms. The molecule has 0 saturated carbocycles. The second-order valence-electron chi connectivity index (χ2n) is 8.27. The number of rotatable bonds is 11. The molecule has 0 saturated heterocycles. The predicted octanol–water partition coefficient (Wildman–Crippen LogP) is 5.45. The lowest BCUT2D eigenvalue weighted by atomic mass is 9.84. The van der Waals surface area contributed by atoms with Crippen molar-refractivity contribution < 1.29 is 19.1 Å². The smallest absolute Gasteiger partial charge is 0.334 e. The van der Waals surface area contributed by atoms with Gasteiger partial charge in [-0.05, 0) is 37.0 Å². The van der Waals surface area contributed by atoms with Gasteiger partial charge in [-0.15, -0.1) is 0 Å². The highest BCUT2D eigenvalue weighted by molar-refractivity contribution is 6.00. The molecule has 0 aromatic heterocycles. The van der Waals surface area contributed by atoms with E-state index in [1.807, 2.05) is 13.8 Å². The average molecular weight is 355 g/mol. The van der Waals surface area contributed by atoms with Crippen LogP contribution >= 0.6 is 0 Å². The molecule has 4 nitrogen and oxygen atoms in total. The molecule has 0 radical (unpaired) electrons. The first kappa shape index (κ1) is 23.7. The van der Waals surface area contributed by atoms with Crippen LogP contribution < -0.4 is 0 Å². The molecule has 4 heteroatoms. The lowest BCUT2D eigenvalue weighted by Gasteiger charge is -2.23. The summed E-state index contributed by atoms with van der Waals surface area (Å²) in [7, 11) is 0. The van der Waals surface area contributed by atoms with Gasteiger partial charge in [0.05, 0.1) is 13.2 Å². The van der Waals surface area contributed by atoms with E-state index in [-0.39, 0.29) is 23.3 Å². The zero-order chi connectivity index (χ0) is 19.5. The largest absolute Gasteiger partial charge is 0.462 e. The Labute approximate surface area is 154 Å². The summed E-state index contributed by atoms with van der Waals surface area (Å²) in [5, 5.41) is 0. The summed E-state index contributed by atoms with van der Waals surface area (Å²) < 4.78 is 10.8. The minimum Gasteiger partial charge on any atom is -0.462 e. The quantitative estimate of drug-likeness (QED) is 0.281. The summed E-state index contributed by atoms with van der Waals surface area (Å²) in [6.07, 6.45) is 4.61. The third-order valence-corrected chi connectivity index (χ3v) is 3.64. The highest BCUT2D eigenvalue weighted by Crippen LogP contribution is 2.30. The van der Waals surface area contributed by atoms with Gasteiger partial charge in [-0.2, -0.15) is 0 Å². The molecule has 0 aromatic rings. The zero-order valence-corrected chi connectivity index (χ0v) is 17.4. The van der Waals surface area contributed by atoms with E-state index in [1.165, 1.54) is 0 Å². The van der Waals surface area contributed by atoms with E-state index in [2.05, 4.69) is 34.6 Å². The van der Waals surface area contributed by atoms with Crippen molar-refractivity contribution in [1.29, 1.82) is 0 Å². The first-order valence-corrected chi connectivity index (χ1v) is 9.68. The fourth-order valence-corrected chi connectivity index (χ4v) is 2.36. The molecule has 0 fully saturated rings. The number of esters is 2. The normalized spacial score (nSPS) is 12.8. The molecule has 0 bridgehead atoms. The van der Waals surface area contributed by atoms with Crippen LogP contribution in [0.15, 0.2) is 11.1 Å². The van der Waals surface area contributed by atoms with Crippen molar-refractivity contribution in [3.63, 3.8) is 0 Å².